The van der Waals surface area contributed by atoms with Crippen molar-refractivity contribution in [3.8, 4) is 0 Å². The maximum absolute atomic E-state index is 5.55. The minimum Gasteiger partial charge on any atom is -0.0857 e. The SMILES string of the molecule is CC/C=C(\C)CC(Cl)(Cl)Cl. The number of hydrogen-bond donors (Lipinski definition) is 0. The molecule has 0 saturated carbocycles. The lowest BCUT2D eigenvalue weighted by Crippen LogP contribution is -2.01. The highest BCUT2D eigenvalue weighted by Gasteiger charge is 2.19. The summed E-state index contributed by atoms with van der Waals surface area (Å²) in [6.07, 6.45) is 3.57. The molecule has 0 aromatic carbocycles. The van der Waals surface area contributed by atoms with Crippen LogP contribution < -0.4 is 0 Å². The number of alkyl halides is 3. The molecule has 0 amide bonds. The molecule has 0 aliphatic carbocycles. The van der Waals surface area contributed by atoms with Crippen LogP contribution in [-0.2, 0) is 0 Å². The Morgan fingerprint density at radius 3 is 2.20 bits per heavy atom. The van der Waals surface area contributed by atoms with Crippen LogP contribution in [0.15, 0.2) is 11.6 Å². The zero-order valence-corrected chi connectivity index (χ0v) is 8.39. The van der Waals surface area contributed by atoms with Gasteiger partial charge in [-0.25, -0.2) is 0 Å². The first-order valence-electron chi connectivity index (χ1n) is 3.18. The van der Waals surface area contributed by atoms with Gasteiger partial charge in [-0.3, -0.25) is 0 Å². The normalized spacial score (nSPS) is 13.9. The van der Waals surface area contributed by atoms with Crippen LogP contribution >= 0.6 is 34.8 Å². The largest absolute Gasteiger partial charge is 0.194 e. The predicted molar refractivity (Wildman–Crippen MR) is 49.0 cm³/mol. The third-order valence-electron chi connectivity index (χ3n) is 1.03. The fourth-order valence-electron chi connectivity index (χ4n) is 0.737. The summed E-state index contributed by atoms with van der Waals surface area (Å²) in [5.74, 6) is 0. The highest BCUT2D eigenvalue weighted by molar-refractivity contribution is 6.67. The third-order valence-corrected chi connectivity index (χ3v) is 1.43. The molecule has 0 N–H and O–H groups in total. The second-order valence-electron chi connectivity index (χ2n) is 2.25. The molecule has 3 heteroatoms. The van der Waals surface area contributed by atoms with Crippen molar-refractivity contribution in [3.63, 3.8) is 0 Å². The second kappa shape index (κ2) is 4.48. The van der Waals surface area contributed by atoms with Crippen molar-refractivity contribution in [2.75, 3.05) is 0 Å². The molecule has 0 radical (unpaired) electrons. The lowest BCUT2D eigenvalue weighted by molar-refractivity contribution is 0.975. The molecule has 0 saturated heterocycles. The van der Waals surface area contributed by atoms with Crippen LogP contribution in [0.3, 0.4) is 0 Å². The van der Waals surface area contributed by atoms with E-state index in [0.29, 0.717) is 6.42 Å². The molecule has 0 aromatic rings. The molecule has 0 bridgehead atoms. The Morgan fingerprint density at radius 2 is 1.90 bits per heavy atom. The van der Waals surface area contributed by atoms with Gasteiger partial charge in [0.2, 0.25) is 0 Å². The van der Waals surface area contributed by atoms with Crippen molar-refractivity contribution < 1.29 is 0 Å². The smallest absolute Gasteiger partial charge is 0.0857 e. The molecule has 0 fully saturated rings. The Labute approximate surface area is 77.1 Å². The van der Waals surface area contributed by atoms with Gasteiger partial charge in [-0.05, 0) is 13.3 Å². The predicted octanol–water partition coefficient (Wildman–Crippen LogP) is 4.10. The van der Waals surface area contributed by atoms with Crippen molar-refractivity contribution in [2.24, 2.45) is 0 Å². The number of hydrogen-bond acceptors (Lipinski definition) is 0. The van der Waals surface area contributed by atoms with E-state index in [-0.39, 0.29) is 0 Å². The van der Waals surface area contributed by atoms with Crippen LogP contribution in [0.25, 0.3) is 0 Å². The summed E-state index contributed by atoms with van der Waals surface area (Å²) < 4.78 is -1.13. The van der Waals surface area contributed by atoms with E-state index in [9.17, 15) is 0 Å². The Morgan fingerprint density at radius 1 is 1.40 bits per heavy atom. The van der Waals surface area contributed by atoms with E-state index >= 15 is 0 Å². The van der Waals surface area contributed by atoms with Gasteiger partial charge in [0, 0.05) is 6.42 Å². The van der Waals surface area contributed by atoms with Gasteiger partial charge in [0.15, 0.2) is 3.79 Å². The molecule has 0 aromatic heterocycles. The van der Waals surface area contributed by atoms with Gasteiger partial charge in [0.05, 0.1) is 0 Å². The summed E-state index contributed by atoms with van der Waals surface area (Å²) in [4.78, 5) is 0. The van der Waals surface area contributed by atoms with Gasteiger partial charge < -0.3 is 0 Å². The van der Waals surface area contributed by atoms with Crippen LogP contribution in [0.1, 0.15) is 26.7 Å². The summed E-state index contributed by atoms with van der Waals surface area (Å²) in [6.45, 7) is 4.02. The van der Waals surface area contributed by atoms with Crippen LogP contribution in [0.2, 0.25) is 0 Å². The van der Waals surface area contributed by atoms with E-state index in [0.717, 1.165) is 12.0 Å². The molecular formula is C7H11Cl3. The van der Waals surface area contributed by atoms with Gasteiger partial charge in [-0.1, -0.05) is 53.4 Å². The first-order chi connectivity index (χ1) is 4.45. The minimum atomic E-state index is -1.13. The van der Waals surface area contributed by atoms with E-state index < -0.39 is 3.79 Å². The van der Waals surface area contributed by atoms with Crippen LogP contribution in [0.4, 0.5) is 0 Å². The van der Waals surface area contributed by atoms with Gasteiger partial charge in [0.25, 0.3) is 0 Å². The summed E-state index contributed by atoms with van der Waals surface area (Å²) in [6, 6.07) is 0. The highest BCUT2D eigenvalue weighted by atomic mass is 35.6. The maximum Gasteiger partial charge on any atom is 0.194 e. The monoisotopic (exact) mass is 200 g/mol. The van der Waals surface area contributed by atoms with Crippen molar-refractivity contribution in [2.45, 2.75) is 30.5 Å². The average molecular weight is 202 g/mol. The van der Waals surface area contributed by atoms with Gasteiger partial charge >= 0.3 is 0 Å². The Kier molecular flexibility index (Phi) is 4.75. The molecular weight excluding hydrogens is 190 g/mol. The molecule has 0 nitrogen and oxygen atoms in total. The molecule has 60 valence electrons. The van der Waals surface area contributed by atoms with E-state index in [2.05, 4.69) is 13.0 Å². The van der Waals surface area contributed by atoms with Crippen molar-refractivity contribution >= 4 is 34.8 Å². The van der Waals surface area contributed by atoms with E-state index in [1.54, 1.807) is 0 Å². The van der Waals surface area contributed by atoms with Crippen molar-refractivity contribution in [1.82, 2.24) is 0 Å². The Bertz CT molecular complexity index is 121. The standard InChI is InChI=1S/C7H11Cl3/c1-3-4-6(2)5-7(8,9)10/h4H,3,5H2,1-2H3/b6-4+. The van der Waals surface area contributed by atoms with Crippen LogP contribution in [0.5, 0.6) is 0 Å². The first kappa shape index (κ1) is 10.6. The first-order valence-corrected chi connectivity index (χ1v) is 4.31. The number of allylic oxidation sites excluding steroid dienone is 2. The van der Waals surface area contributed by atoms with Gasteiger partial charge in [-0.2, -0.15) is 0 Å². The maximum atomic E-state index is 5.55. The van der Waals surface area contributed by atoms with Gasteiger partial charge in [-0.15, -0.1) is 0 Å². The average Bonchev–Trinajstić information content (AvgIpc) is 1.59. The highest BCUT2D eigenvalue weighted by Crippen LogP contribution is 2.32. The summed E-state index contributed by atoms with van der Waals surface area (Å²) in [5.41, 5.74) is 1.13. The molecule has 10 heavy (non-hydrogen) atoms. The number of halogens is 3. The van der Waals surface area contributed by atoms with Crippen LogP contribution in [-0.4, -0.2) is 3.79 Å². The fraction of sp³-hybridized carbons (Fsp3) is 0.714. The molecule has 0 atom stereocenters. The van der Waals surface area contributed by atoms with E-state index in [1.807, 2.05) is 6.92 Å². The molecule has 0 heterocycles. The second-order valence-corrected chi connectivity index (χ2v) is 4.77. The zero-order valence-electron chi connectivity index (χ0n) is 6.13. The lowest BCUT2D eigenvalue weighted by Gasteiger charge is -2.09. The molecule has 0 aliphatic heterocycles. The summed E-state index contributed by atoms with van der Waals surface area (Å²) >= 11 is 16.7. The quantitative estimate of drug-likeness (QED) is 0.466. The molecule has 0 unspecified atom stereocenters. The molecule has 0 rings (SSSR count). The Hall–Kier alpha value is 0.610. The topological polar surface area (TPSA) is 0 Å². The third kappa shape index (κ3) is 6.73. The van der Waals surface area contributed by atoms with E-state index in [4.69, 9.17) is 34.8 Å². The van der Waals surface area contributed by atoms with Crippen LogP contribution in [0, 0.1) is 0 Å². The summed E-state index contributed by atoms with van der Waals surface area (Å²) in [5, 5.41) is 0. The number of rotatable bonds is 2. The van der Waals surface area contributed by atoms with E-state index in [1.165, 1.54) is 0 Å². The van der Waals surface area contributed by atoms with Crippen molar-refractivity contribution in [1.29, 1.82) is 0 Å². The molecule has 0 aliphatic rings. The fourth-order valence-corrected chi connectivity index (χ4v) is 1.37. The Balaban J connectivity index is 3.79. The lowest BCUT2D eigenvalue weighted by atomic mass is 10.2. The van der Waals surface area contributed by atoms with Crippen molar-refractivity contribution in [3.05, 3.63) is 11.6 Å². The minimum absolute atomic E-state index is 0.519. The zero-order chi connectivity index (χ0) is 8.20. The molecule has 0 spiro atoms. The summed E-state index contributed by atoms with van der Waals surface area (Å²) in [7, 11) is 0. The van der Waals surface area contributed by atoms with Gasteiger partial charge in [0.1, 0.15) is 0 Å².